The van der Waals surface area contributed by atoms with E-state index in [1.807, 2.05) is 12.2 Å². The van der Waals surface area contributed by atoms with E-state index < -0.39 is 22.3 Å². The first-order chi connectivity index (χ1) is 26.4. The van der Waals surface area contributed by atoms with E-state index in [0.29, 0.717) is 0 Å². The first-order valence-electron chi connectivity index (χ1n) is 19.5. The Morgan fingerprint density at radius 2 is 0.912 bits per heavy atom. The monoisotopic (exact) mass is 864 g/mol. The molecule has 7 aromatic rings. The number of fused-ring (bicyclic) bond motifs is 3. The normalized spacial score (nSPS) is 11.6. The number of rotatable bonds is 4. The zero-order chi connectivity index (χ0) is 39.0. The maximum atomic E-state index is 2.99. The topological polar surface area (TPSA) is 0 Å². The van der Waals surface area contributed by atoms with Gasteiger partial charge in [0.05, 0.1) is 0 Å². The van der Waals surface area contributed by atoms with Crippen molar-refractivity contribution in [3.63, 3.8) is 0 Å². The molecule has 0 saturated heterocycles. The Morgan fingerprint density at radius 3 is 1.23 bits per heavy atom. The minimum absolute atomic E-state index is 0. The van der Waals surface area contributed by atoms with Crippen molar-refractivity contribution in [3.8, 4) is 22.3 Å². The molecular formula is C54H56Cl2Zr-2. The van der Waals surface area contributed by atoms with Crippen molar-refractivity contribution in [1.82, 2.24) is 0 Å². The van der Waals surface area contributed by atoms with Gasteiger partial charge in [0.25, 0.3) is 0 Å². The molecule has 57 heavy (non-hydrogen) atoms. The Hall–Kier alpha value is -4.13. The summed E-state index contributed by atoms with van der Waals surface area (Å²) < 4.78 is 4.87. The molecule has 0 aliphatic heterocycles. The number of benzene rings is 6. The average molecular weight is 867 g/mol. The Morgan fingerprint density at radius 1 is 0.526 bits per heavy atom. The van der Waals surface area contributed by atoms with E-state index in [1.165, 1.54) is 77.2 Å². The molecule has 8 rings (SSSR count). The zero-order valence-electron chi connectivity index (χ0n) is 34.7. The second kappa shape index (κ2) is 20.5. The van der Waals surface area contributed by atoms with Crippen LogP contribution in [0.3, 0.4) is 0 Å². The molecule has 0 spiro atoms. The second-order valence-corrected chi connectivity index (χ2v) is 18.8. The van der Waals surface area contributed by atoms with Gasteiger partial charge in [0, 0.05) is 0 Å². The number of allylic oxidation sites excluding steroid dienone is 4. The van der Waals surface area contributed by atoms with Crippen molar-refractivity contribution < 1.29 is 22.3 Å². The van der Waals surface area contributed by atoms with Crippen LogP contribution in [-0.2, 0) is 33.1 Å². The molecule has 0 radical (unpaired) electrons. The van der Waals surface area contributed by atoms with E-state index in [1.54, 1.807) is 0 Å². The molecule has 3 heteroatoms. The summed E-state index contributed by atoms with van der Waals surface area (Å²) in [6, 6.07) is 50.8. The molecule has 0 unspecified atom stereocenters. The van der Waals surface area contributed by atoms with Gasteiger partial charge in [-0.1, -0.05) is 75.9 Å². The fourth-order valence-electron chi connectivity index (χ4n) is 7.33. The molecule has 0 fully saturated rings. The fraction of sp³-hybridized carbons (Fsp3) is 0.204. The SMILES string of the molecule is Cc1cc2[cH-]c3cc(C)c(C(C)(C)C)cc3c2cc1C(C)(C)C.Cl.Cl.[C-]1=CC=CC1.[CH](=[Zr]=[CH]c1ccc(-c2ccccc2)cc1)c1ccc(-c2ccccc2)cc1. The second-order valence-electron chi connectivity index (χ2n) is 16.6. The Kier molecular flexibility index (Phi) is 16.4. The molecule has 7 aromatic carbocycles. The third-order valence-corrected chi connectivity index (χ3v) is 12.6. The van der Waals surface area contributed by atoms with Crippen molar-refractivity contribution in [1.29, 1.82) is 0 Å². The number of aryl methyl sites for hydroxylation is 2. The molecule has 0 bridgehead atoms. The van der Waals surface area contributed by atoms with Crippen LogP contribution in [0.2, 0.25) is 0 Å². The van der Waals surface area contributed by atoms with Crippen molar-refractivity contribution in [3.05, 3.63) is 197 Å². The third kappa shape index (κ3) is 12.2. The van der Waals surface area contributed by atoms with Gasteiger partial charge >= 0.3 is 172 Å². The fourth-order valence-corrected chi connectivity index (χ4v) is 9.43. The van der Waals surface area contributed by atoms with Crippen LogP contribution in [0.5, 0.6) is 0 Å². The van der Waals surface area contributed by atoms with Gasteiger partial charge in [-0.05, 0) is 24.7 Å². The summed E-state index contributed by atoms with van der Waals surface area (Å²) in [5, 5.41) is 5.55. The van der Waals surface area contributed by atoms with Gasteiger partial charge < -0.3 is 0 Å². The quantitative estimate of drug-likeness (QED) is 0.155. The molecule has 0 heterocycles. The maximum absolute atomic E-state index is 2.99. The molecule has 0 N–H and O–H groups in total. The third-order valence-electron chi connectivity index (χ3n) is 10.1. The zero-order valence-corrected chi connectivity index (χ0v) is 38.8. The predicted molar refractivity (Wildman–Crippen MR) is 254 cm³/mol. The molecule has 0 atom stereocenters. The summed E-state index contributed by atoms with van der Waals surface area (Å²) in [5.41, 5.74) is 13.8. The molecule has 0 nitrogen and oxygen atoms in total. The summed E-state index contributed by atoms with van der Waals surface area (Å²) in [4.78, 5) is 0. The number of hydrogen-bond acceptors (Lipinski definition) is 0. The number of halogens is 2. The number of hydrogen-bond donors (Lipinski definition) is 0. The van der Waals surface area contributed by atoms with Crippen LogP contribution in [0.4, 0.5) is 0 Å². The van der Waals surface area contributed by atoms with Crippen LogP contribution >= 0.6 is 24.8 Å². The predicted octanol–water partition coefficient (Wildman–Crippen LogP) is 15.2. The van der Waals surface area contributed by atoms with Crippen LogP contribution < -0.4 is 0 Å². The molecule has 292 valence electrons. The van der Waals surface area contributed by atoms with Gasteiger partial charge in [0.15, 0.2) is 0 Å². The first-order valence-corrected chi connectivity index (χ1v) is 22.3. The van der Waals surface area contributed by atoms with Crippen molar-refractivity contribution in [2.75, 3.05) is 0 Å². The van der Waals surface area contributed by atoms with Gasteiger partial charge in [-0.3, -0.25) is 6.08 Å². The van der Waals surface area contributed by atoms with Crippen LogP contribution in [0.15, 0.2) is 158 Å². The first kappa shape index (κ1) is 45.6. The van der Waals surface area contributed by atoms with Crippen molar-refractivity contribution in [2.45, 2.75) is 72.6 Å². The van der Waals surface area contributed by atoms with Crippen LogP contribution in [0.1, 0.15) is 81.3 Å². The van der Waals surface area contributed by atoms with E-state index in [2.05, 4.69) is 214 Å². The van der Waals surface area contributed by atoms with Crippen molar-refractivity contribution in [2.24, 2.45) is 0 Å². The molecule has 0 saturated carbocycles. The molecule has 0 aromatic heterocycles. The summed E-state index contributed by atoms with van der Waals surface area (Å²) in [7, 11) is 0. The Labute approximate surface area is 365 Å². The van der Waals surface area contributed by atoms with E-state index >= 15 is 0 Å². The molecule has 1 aliphatic rings. The van der Waals surface area contributed by atoms with Gasteiger partial charge in [-0.2, -0.15) is 6.08 Å². The summed E-state index contributed by atoms with van der Waals surface area (Å²) >= 11 is -0.679. The molecular weight excluding hydrogens is 811 g/mol. The van der Waals surface area contributed by atoms with Crippen LogP contribution in [0.25, 0.3) is 43.8 Å². The summed E-state index contributed by atoms with van der Waals surface area (Å²) in [6.45, 7) is 18.3. The van der Waals surface area contributed by atoms with E-state index in [0.717, 1.165) is 6.42 Å². The van der Waals surface area contributed by atoms with Gasteiger partial charge in [0.1, 0.15) is 0 Å². The van der Waals surface area contributed by atoms with Gasteiger partial charge in [0.2, 0.25) is 0 Å². The van der Waals surface area contributed by atoms with Crippen LogP contribution in [0, 0.1) is 19.9 Å². The van der Waals surface area contributed by atoms with Gasteiger partial charge in [-0.15, -0.1) is 71.0 Å². The van der Waals surface area contributed by atoms with E-state index in [4.69, 9.17) is 0 Å². The van der Waals surface area contributed by atoms with Gasteiger partial charge in [-0.25, -0.2) is 12.2 Å². The summed E-state index contributed by atoms with van der Waals surface area (Å²) in [6.07, 6.45) is 10.0. The van der Waals surface area contributed by atoms with Crippen LogP contribution in [-0.4, -0.2) is 7.42 Å². The minimum atomic E-state index is -0.679. The Bertz CT molecular complexity index is 2310. The molecule has 1 aliphatic carbocycles. The molecule has 0 amide bonds. The summed E-state index contributed by atoms with van der Waals surface area (Å²) in [5.74, 6) is 0. The van der Waals surface area contributed by atoms with E-state index in [-0.39, 0.29) is 35.6 Å². The van der Waals surface area contributed by atoms with Crippen molar-refractivity contribution >= 4 is 53.8 Å². The average Bonchev–Trinajstić information content (AvgIpc) is 3.87. The Balaban J connectivity index is 0.000000220. The standard InChI is InChI=1S/C23H29.2C13H10.C5H5.2ClH.Zr/c1-14-9-16-11-17-10-15(2)21(23(6,7)8)13-19(17)18(16)12-20(14)22(3,4)5;2*1-11-7-9-13(10-8-11)12-5-3-2-4-6-12;1-2-4-5-3-1;;;/h9-13H,1-8H3;2*1-10H;1-3H,4H2;2*1H;/q-1;;;-1;;;. The van der Waals surface area contributed by atoms with E-state index in [9.17, 15) is 0 Å².